The van der Waals surface area contributed by atoms with Gasteiger partial charge in [-0.25, -0.2) is 0 Å². The van der Waals surface area contributed by atoms with Crippen LogP contribution in [0.5, 0.6) is 11.5 Å². The van der Waals surface area contributed by atoms with E-state index >= 15 is 0 Å². The molecule has 0 atom stereocenters. The lowest BCUT2D eigenvalue weighted by Crippen LogP contribution is -1.96. The van der Waals surface area contributed by atoms with Crippen LogP contribution in [0.25, 0.3) is 0 Å². The molecule has 2 N–H and O–H groups in total. The molecule has 0 fully saturated rings. The lowest BCUT2D eigenvalue weighted by Gasteiger charge is -2.14. The average Bonchev–Trinajstić information content (AvgIpc) is 2.37. The highest BCUT2D eigenvalue weighted by Crippen LogP contribution is 2.34. The van der Waals surface area contributed by atoms with Crippen LogP contribution in [0.4, 0.5) is 5.69 Å². The maximum atomic E-state index is 8.92. The smallest absolute Gasteiger partial charge is 0.151 e. The SMILES string of the molecule is Cc1cc(C#N)cc(C)c1Oc1cc(Cl)ccc1N. The molecule has 2 aromatic carbocycles. The van der Waals surface area contributed by atoms with Crippen LogP contribution in [0.2, 0.25) is 5.02 Å². The molecule has 0 bridgehead atoms. The van der Waals surface area contributed by atoms with Crippen LogP contribution in [0.1, 0.15) is 16.7 Å². The van der Waals surface area contributed by atoms with Gasteiger partial charge in [0.25, 0.3) is 0 Å². The molecule has 4 heteroatoms. The van der Waals surface area contributed by atoms with Crippen molar-refractivity contribution in [3.63, 3.8) is 0 Å². The summed E-state index contributed by atoms with van der Waals surface area (Å²) in [6, 6.07) is 10.8. The Morgan fingerprint density at radius 1 is 1.16 bits per heavy atom. The molecule has 2 rings (SSSR count). The zero-order valence-corrected chi connectivity index (χ0v) is 11.5. The Kier molecular flexibility index (Phi) is 3.64. The minimum atomic E-state index is 0.517. The molecule has 0 heterocycles. The van der Waals surface area contributed by atoms with E-state index in [4.69, 9.17) is 27.3 Å². The van der Waals surface area contributed by atoms with Gasteiger partial charge in [-0.15, -0.1) is 0 Å². The number of aryl methyl sites for hydroxylation is 2. The van der Waals surface area contributed by atoms with Gasteiger partial charge in [0.1, 0.15) is 5.75 Å². The third-order valence-electron chi connectivity index (χ3n) is 2.78. The highest BCUT2D eigenvalue weighted by Gasteiger charge is 2.10. The molecule has 0 aliphatic heterocycles. The second kappa shape index (κ2) is 5.21. The number of anilines is 1. The van der Waals surface area contributed by atoms with Crippen molar-refractivity contribution in [3.05, 3.63) is 52.0 Å². The lowest BCUT2D eigenvalue weighted by molar-refractivity contribution is 0.477. The standard InChI is InChI=1S/C15H13ClN2O/c1-9-5-11(8-17)6-10(2)15(9)19-14-7-12(16)3-4-13(14)18/h3-7H,18H2,1-2H3. The molecule has 0 saturated carbocycles. The van der Waals surface area contributed by atoms with E-state index in [1.54, 1.807) is 30.3 Å². The fraction of sp³-hybridized carbons (Fsp3) is 0.133. The molecule has 0 saturated heterocycles. The molecule has 0 aliphatic rings. The summed E-state index contributed by atoms with van der Waals surface area (Å²) in [6.45, 7) is 3.79. The topological polar surface area (TPSA) is 59.0 Å². The molecule has 96 valence electrons. The molecule has 0 amide bonds. The van der Waals surface area contributed by atoms with E-state index in [2.05, 4.69) is 6.07 Å². The molecular formula is C15H13ClN2O. The summed E-state index contributed by atoms with van der Waals surface area (Å²) in [7, 11) is 0. The van der Waals surface area contributed by atoms with Crippen LogP contribution >= 0.6 is 11.6 Å². The summed E-state index contributed by atoms with van der Waals surface area (Å²) in [4.78, 5) is 0. The number of hydrogen-bond acceptors (Lipinski definition) is 3. The van der Waals surface area contributed by atoms with Gasteiger partial charge in [0.15, 0.2) is 5.75 Å². The Balaban J connectivity index is 2.44. The van der Waals surface area contributed by atoms with Crippen molar-refractivity contribution in [1.29, 1.82) is 5.26 Å². The monoisotopic (exact) mass is 272 g/mol. The molecule has 0 unspecified atom stereocenters. The molecule has 19 heavy (non-hydrogen) atoms. The van der Waals surface area contributed by atoms with Crippen LogP contribution in [0, 0.1) is 25.2 Å². The van der Waals surface area contributed by atoms with Gasteiger partial charge in [0.2, 0.25) is 0 Å². The number of hydrogen-bond donors (Lipinski definition) is 1. The number of benzene rings is 2. The van der Waals surface area contributed by atoms with Gasteiger partial charge in [-0.1, -0.05) is 11.6 Å². The van der Waals surface area contributed by atoms with Crippen molar-refractivity contribution in [3.8, 4) is 17.6 Å². The number of nitrogens with two attached hydrogens (primary N) is 1. The lowest BCUT2D eigenvalue weighted by atomic mass is 10.1. The van der Waals surface area contributed by atoms with Crippen LogP contribution in [0.15, 0.2) is 30.3 Å². The van der Waals surface area contributed by atoms with Gasteiger partial charge in [0, 0.05) is 11.1 Å². The van der Waals surface area contributed by atoms with Crippen LogP contribution < -0.4 is 10.5 Å². The summed E-state index contributed by atoms with van der Waals surface area (Å²) in [5, 5.41) is 9.48. The summed E-state index contributed by atoms with van der Waals surface area (Å²) in [5.74, 6) is 1.22. The fourth-order valence-corrected chi connectivity index (χ4v) is 2.04. The van der Waals surface area contributed by atoms with Gasteiger partial charge in [-0.05, 0) is 49.2 Å². The normalized spacial score (nSPS) is 10.0. The summed E-state index contributed by atoms with van der Waals surface area (Å²) < 4.78 is 5.83. The maximum Gasteiger partial charge on any atom is 0.151 e. The highest BCUT2D eigenvalue weighted by atomic mass is 35.5. The largest absolute Gasteiger partial charge is 0.455 e. The van der Waals surface area contributed by atoms with Gasteiger partial charge in [0.05, 0.1) is 17.3 Å². The quantitative estimate of drug-likeness (QED) is 0.834. The molecule has 0 aliphatic carbocycles. The molecule has 0 radical (unpaired) electrons. The van der Waals surface area contributed by atoms with Crippen molar-refractivity contribution in [2.24, 2.45) is 0 Å². The van der Waals surface area contributed by atoms with E-state index in [1.807, 2.05) is 13.8 Å². The number of nitrogens with zero attached hydrogens (tertiary/aromatic N) is 1. The van der Waals surface area contributed by atoms with Crippen LogP contribution in [0.3, 0.4) is 0 Å². The Labute approximate surface area is 117 Å². The first-order valence-corrected chi connectivity index (χ1v) is 6.13. The van der Waals surface area contributed by atoms with E-state index in [0.29, 0.717) is 27.8 Å². The van der Waals surface area contributed by atoms with E-state index < -0.39 is 0 Å². The fourth-order valence-electron chi connectivity index (χ4n) is 1.88. The third-order valence-corrected chi connectivity index (χ3v) is 3.01. The highest BCUT2D eigenvalue weighted by molar-refractivity contribution is 6.30. The van der Waals surface area contributed by atoms with Gasteiger partial charge in [-0.3, -0.25) is 0 Å². The van der Waals surface area contributed by atoms with Crippen molar-refractivity contribution in [1.82, 2.24) is 0 Å². The number of ether oxygens (including phenoxy) is 1. The second-order valence-electron chi connectivity index (χ2n) is 4.34. The van der Waals surface area contributed by atoms with Crippen molar-refractivity contribution >= 4 is 17.3 Å². The third kappa shape index (κ3) is 2.81. The van der Waals surface area contributed by atoms with Gasteiger partial charge >= 0.3 is 0 Å². The predicted molar refractivity (Wildman–Crippen MR) is 76.6 cm³/mol. The zero-order chi connectivity index (χ0) is 14.0. The molecule has 0 spiro atoms. The first kappa shape index (κ1) is 13.3. The van der Waals surface area contributed by atoms with Crippen molar-refractivity contribution < 1.29 is 4.74 Å². The van der Waals surface area contributed by atoms with Crippen LogP contribution in [-0.2, 0) is 0 Å². The molecule has 3 nitrogen and oxygen atoms in total. The number of rotatable bonds is 2. The zero-order valence-electron chi connectivity index (χ0n) is 10.7. The van der Waals surface area contributed by atoms with E-state index in [1.165, 1.54) is 0 Å². The summed E-state index contributed by atoms with van der Waals surface area (Å²) >= 11 is 5.93. The number of halogens is 1. The molecule has 0 aromatic heterocycles. The second-order valence-corrected chi connectivity index (χ2v) is 4.77. The number of nitriles is 1. The van der Waals surface area contributed by atoms with Gasteiger partial charge < -0.3 is 10.5 Å². The maximum absolute atomic E-state index is 8.92. The van der Waals surface area contributed by atoms with Gasteiger partial charge in [-0.2, -0.15) is 5.26 Å². The molecular weight excluding hydrogens is 260 g/mol. The van der Waals surface area contributed by atoms with Crippen molar-refractivity contribution in [2.45, 2.75) is 13.8 Å². The minimum absolute atomic E-state index is 0.517. The van der Waals surface area contributed by atoms with E-state index in [0.717, 1.165) is 11.1 Å². The van der Waals surface area contributed by atoms with E-state index in [9.17, 15) is 0 Å². The summed E-state index contributed by atoms with van der Waals surface area (Å²) in [6.07, 6.45) is 0. The minimum Gasteiger partial charge on any atom is -0.455 e. The Hall–Kier alpha value is -2.18. The average molecular weight is 273 g/mol. The number of nitrogen functional groups attached to an aromatic ring is 1. The summed E-state index contributed by atoms with van der Waals surface area (Å²) in [5.41, 5.74) is 8.76. The Bertz CT molecular complexity index is 651. The first-order chi connectivity index (χ1) is 9.01. The van der Waals surface area contributed by atoms with Crippen LogP contribution in [-0.4, -0.2) is 0 Å². The van der Waals surface area contributed by atoms with E-state index in [-0.39, 0.29) is 0 Å². The Morgan fingerprint density at radius 2 is 1.79 bits per heavy atom. The first-order valence-electron chi connectivity index (χ1n) is 5.75. The molecule has 2 aromatic rings. The predicted octanol–water partition coefficient (Wildman–Crippen LogP) is 4.20. The van der Waals surface area contributed by atoms with Crippen molar-refractivity contribution in [2.75, 3.05) is 5.73 Å². The Morgan fingerprint density at radius 3 is 2.37 bits per heavy atom.